The zero-order chi connectivity index (χ0) is 11.9. The maximum Gasteiger partial charge on any atom is 0.0898 e. The van der Waals surface area contributed by atoms with Crippen LogP contribution in [0.5, 0.6) is 0 Å². The van der Waals surface area contributed by atoms with E-state index in [4.69, 9.17) is 4.74 Å². The summed E-state index contributed by atoms with van der Waals surface area (Å²) < 4.78 is 5.49. The van der Waals surface area contributed by atoms with E-state index in [-0.39, 0.29) is 5.60 Å². The van der Waals surface area contributed by atoms with Crippen LogP contribution in [0.3, 0.4) is 0 Å². The van der Waals surface area contributed by atoms with Crippen LogP contribution in [0, 0.1) is 0 Å². The summed E-state index contributed by atoms with van der Waals surface area (Å²) in [6, 6.07) is 0.472. The predicted molar refractivity (Wildman–Crippen MR) is 64.1 cm³/mol. The lowest BCUT2D eigenvalue weighted by molar-refractivity contribution is -0.0483. The van der Waals surface area contributed by atoms with E-state index in [9.17, 15) is 5.11 Å². The molecule has 0 aromatic heterocycles. The first-order valence-corrected chi connectivity index (χ1v) is 5.90. The molecule has 0 aliphatic carbocycles. The second-order valence-corrected chi connectivity index (χ2v) is 5.18. The van der Waals surface area contributed by atoms with Crippen LogP contribution in [0.15, 0.2) is 0 Å². The van der Waals surface area contributed by atoms with Crippen molar-refractivity contribution in [1.82, 2.24) is 5.32 Å². The van der Waals surface area contributed by atoms with Crippen LogP contribution in [0.25, 0.3) is 0 Å². The van der Waals surface area contributed by atoms with Gasteiger partial charge in [-0.25, -0.2) is 0 Å². The Labute approximate surface area is 94.2 Å². The number of ether oxygens (including phenoxy) is 1. The van der Waals surface area contributed by atoms with Crippen molar-refractivity contribution < 1.29 is 9.84 Å². The molecule has 0 fully saturated rings. The second-order valence-electron chi connectivity index (χ2n) is 5.18. The summed E-state index contributed by atoms with van der Waals surface area (Å²) in [6.07, 6.45) is 1.90. The van der Waals surface area contributed by atoms with Gasteiger partial charge in [0.15, 0.2) is 0 Å². The van der Waals surface area contributed by atoms with Crippen molar-refractivity contribution in [2.45, 2.75) is 65.2 Å². The van der Waals surface area contributed by atoms with Crippen molar-refractivity contribution in [1.29, 1.82) is 0 Å². The summed E-state index contributed by atoms with van der Waals surface area (Å²) in [5.74, 6) is 0. The molecule has 3 nitrogen and oxygen atoms in total. The average molecular weight is 217 g/mol. The van der Waals surface area contributed by atoms with Gasteiger partial charge >= 0.3 is 0 Å². The molecule has 0 amide bonds. The third kappa shape index (κ3) is 10.2. The van der Waals surface area contributed by atoms with Crippen molar-refractivity contribution in [3.63, 3.8) is 0 Å². The molecule has 0 rings (SSSR count). The van der Waals surface area contributed by atoms with Gasteiger partial charge in [0.25, 0.3) is 0 Å². The maximum atomic E-state index is 9.64. The fraction of sp³-hybridized carbons (Fsp3) is 1.00. The van der Waals surface area contributed by atoms with E-state index in [1.54, 1.807) is 0 Å². The molecule has 0 aliphatic heterocycles. The van der Waals surface area contributed by atoms with Gasteiger partial charge in [0.2, 0.25) is 0 Å². The Morgan fingerprint density at radius 2 is 1.93 bits per heavy atom. The van der Waals surface area contributed by atoms with Crippen molar-refractivity contribution >= 4 is 0 Å². The fourth-order valence-electron chi connectivity index (χ4n) is 1.28. The van der Waals surface area contributed by atoms with Crippen LogP contribution in [0.4, 0.5) is 0 Å². The Morgan fingerprint density at radius 3 is 2.40 bits per heavy atom. The normalized spacial score (nSPS) is 16.4. The predicted octanol–water partition coefficient (Wildman–Crippen LogP) is 1.94. The van der Waals surface area contributed by atoms with E-state index < -0.39 is 6.10 Å². The molecule has 2 unspecified atom stereocenters. The van der Waals surface area contributed by atoms with Crippen LogP contribution >= 0.6 is 0 Å². The third-order valence-electron chi connectivity index (χ3n) is 2.13. The monoisotopic (exact) mass is 217 g/mol. The summed E-state index contributed by atoms with van der Waals surface area (Å²) in [6.45, 7) is 11.3. The lowest BCUT2D eigenvalue weighted by Gasteiger charge is -2.23. The quantitative estimate of drug-likeness (QED) is 0.685. The largest absolute Gasteiger partial charge is 0.389 e. The Balaban J connectivity index is 3.53. The maximum absolute atomic E-state index is 9.64. The van der Waals surface area contributed by atoms with Crippen LogP contribution in [-0.2, 0) is 4.74 Å². The number of nitrogens with one attached hydrogen (secondary N) is 1. The minimum atomic E-state index is -0.413. The summed E-state index contributed by atoms with van der Waals surface area (Å²) >= 11 is 0. The van der Waals surface area contributed by atoms with E-state index in [0.29, 0.717) is 19.2 Å². The van der Waals surface area contributed by atoms with Gasteiger partial charge in [-0.2, -0.15) is 0 Å². The summed E-state index contributed by atoms with van der Waals surface area (Å²) in [7, 11) is 0. The van der Waals surface area contributed by atoms with E-state index in [1.165, 1.54) is 6.42 Å². The van der Waals surface area contributed by atoms with Crippen LogP contribution in [0.2, 0.25) is 0 Å². The number of aliphatic hydroxyl groups excluding tert-OH is 1. The highest BCUT2D eigenvalue weighted by Gasteiger charge is 2.13. The smallest absolute Gasteiger partial charge is 0.0898 e. The molecule has 2 N–H and O–H groups in total. The van der Waals surface area contributed by atoms with Crippen molar-refractivity contribution in [3.05, 3.63) is 0 Å². The van der Waals surface area contributed by atoms with Crippen molar-refractivity contribution in [2.24, 2.45) is 0 Å². The minimum Gasteiger partial charge on any atom is -0.389 e. The molecule has 0 spiro atoms. The molecule has 15 heavy (non-hydrogen) atoms. The summed E-state index contributed by atoms with van der Waals surface area (Å²) in [5.41, 5.74) is -0.171. The molecule has 0 saturated carbocycles. The standard InChI is InChI=1S/C12H27NO2/c1-6-7-10(2)13-8-11(14)9-15-12(3,4)5/h10-11,13-14H,6-9H2,1-5H3. The van der Waals surface area contributed by atoms with Gasteiger partial charge in [-0.1, -0.05) is 13.3 Å². The molecule has 92 valence electrons. The molecule has 0 radical (unpaired) electrons. The highest BCUT2D eigenvalue weighted by atomic mass is 16.5. The molecule has 0 heterocycles. The Bertz CT molecular complexity index is 154. The number of aliphatic hydroxyl groups is 1. The molecular formula is C12H27NO2. The van der Waals surface area contributed by atoms with Gasteiger partial charge in [-0.3, -0.25) is 0 Å². The number of hydrogen-bond acceptors (Lipinski definition) is 3. The first kappa shape index (κ1) is 14.9. The zero-order valence-electron chi connectivity index (χ0n) is 10.8. The molecule has 3 heteroatoms. The van der Waals surface area contributed by atoms with E-state index in [2.05, 4.69) is 19.2 Å². The highest BCUT2D eigenvalue weighted by molar-refractivity contribution is 4.67. The highest BCUT2D eigenvalue weighted by Crippen LogP contribution is 2.06. The lowest BCUT2D eigenvalue weighted by atomic mass is 10.2. The van der Waals surface area contributed by atoms with E-state index in [1.807, 2.05) is 20.8 Å². The van der Waals surface area contributed by atoms with Gasteiger partial charge in [-0.05, 0) is 34.1 Å². The average Bonchev–Trinajstić information content (AvgIpc) is 2.11. The summed E-state index contributed by atoms with van der Waals surface area (Å²) in [4.78, 5) is 0. The Morgan fingerprint density at radius 1 is 1.33 bits per heavy atom. The topological polar surface area (TPSA) is 41.5 Å². The molecule has 0 bridgehead atoms. The first-order valence-electron chi connectivity index (χ1n) is 5.90. The van der Waals surface area contributed by atoms with Gasteiger partial charge in [0, 0.05) is 12.6 Å². The van der Waals surface area contributed by atoms with E-state index in [0.717, 1.165) is 6.42 Å². The van der Waals surface area contributed by atoms with Gasteiger partial charge in [0.05, 0.1) is 18.3 Å². The molecule has 0 aromatic rings. The molecule has 0 aromatic carbocycles. The number of hydrogen-bond donors (Lipinski definition) is 2. The van der Waals surface area contributed by atoms with Gasteiger partial charge in [0.1, 0.15) is 0 Å². The van der Waals surface area contributed by atoms with Gasteiger partial charge in [-0.15, -0.1) is 0 Å². The molecule has 0 saturated heterocycles. The minimum absolute atomic E-state index is 0.171. The summed E-state index contributed by atoms with van der Waals surface area (Å²) in [5, 5.41) is 12.9. The SMILES string of the molecule is CCCC(C)NCC(O)COC(C)(C)C. The molecule has 0 aliphatic rings. The van der Waals surface area contributed by atoms with Crippen LogP contribution < -0.4 is 5.32 Å². The van der Waals surface area contributed by atoms with E-state index >= 15 is 0 Å². The van der Waals surface area contributed by atoms with Crippen molar-refractivity contribution in [3.8, 4) is 0 Å². The van der Waals surface area contributed by atoms with Gasteiger partial charge < -0.3 is 15.2 Å². The van der Waals surface area contributed by atoms with Crippen LogP contribution in [-0.4, -0.2) is 36.0 Å². The number of rotatable bonds is 7. The second kappa shape index (κ2) is 7.20. The molecular weight excluding hydrogens is 190 g/mol. The Hall–Kier alpha value is -0.120. The Kier molecular flexibility index (Phi) is 7.14. The van der Waals surface area contributed by atoms with Crippen molar-refractivity contribution in [2.75, 3.05) is 13.2 Å². The lowest BCUT2D eigenvalue weighted by Crippen LogP contribution is -2.37. The zero-order valence-corrected chi connectivity index (χ0v) is 10.8. The first-order chi connectivity index (χ1) is 6.85. The van der Waals surface area contributed by atoms with Crippen LogP contribution in [0.1, 0.15) is 47.5 Å². The third-order valence-corrected chi connectivity index (χ3v) is 2.13. The fourth-order valence-corrected chi connectivity index (χ4v) is 1.28. The molecule has 2 atom stereocenters.